The standard InChI is InChI=1S/C32H50ClN6O12P/c1-9-46-52(43,47-10-2)32(18-44-8,15-22(40)37-42)45-17-21-23-24(50-31(6,7)49-23)27(48-21)39-26-20(16-34-39)25(35-28(33)36-26)38(19-13-11-12-14-19)29(41)51-30(3,4)5/h16,19,21,23-24,27,42H,9-15,17-18H2,1-8H3,(H,37,40)/t21-,23-,24-,27-,32-/m1/s1. The van der Waals surface area contributed by atoms with Crippen LogP contribution >= 0.6 is 19.2 Å². The summed E-state index contributed by atoms with van der Waals surface area (Å²) in [7, 11) is -2.90. The van der Waals surface area contributed by atoms with Crippen molar-refractivity contribution in [3.05, 3.63) is 11.5 Å². The van der Waals surface area contributed by atoms with Crippen LogP contribution in [-0.4, -0.2) is 112 Å². The molecule has 5 rings (SSSR count). The Labute approximate surface area is 307 Å². The van der Waals surface area contributed by atoms with Crippen LogP contribution in [0, 0.1) is 0 Å². The molecule has 5 atom stereocenters. The van der Waals surface area contributed by atoms with E-state index in [0.717, 1.165) is 25.7 Å². The third kappa shape index (κ3) is 8.41. The van der Waals surface area contributed by atoms with Gasteiger partial charge in [-0.2, -0.15) is 15.1 Å². The van der Waals surface area contributed by atoms with E-state index >= 15 is 0 Å². The molecule has 2 aliphatic heterocycles. The molecule has 1 saturated carbocycles. The fraction of sp³-hybridized carbons (Fsp3) is 0.781. The van der Waals surface area contributed by atoms with Gasteiger partial charge in [0.05, 0.1) is 44.4 Å². The van der Waals surface area contributed by atoms with Crippen molar-refractivity contribution in [3.63, 3.8) is 0 Å². The predicted octanol–water partition coefficient (Wildman–Crippen LogP) is 5.10. The number of amides is 2. The van der Waals surface area contributed by atoms with E-state index in [1.807, 2.05) is 0 Å². The van der Waals surface area contributed by atoms with Gasteiger partial charge in [0.15, 0.2) is 23.5 Å². The fourth-order valence-electron chi connectivity index (χ4n) is 6.89. The van der Waals surface area contributed by atoms with Crippen molar-refractivity contribution in [1.82, 2.24) is 25.2 Å². The molecule has 1 aliphatic carbocycles. The van der Waals surface area contributed by atoms with Crippen LogP contribution in [0.15, 0.2) is 6.20 Å². The summed E-state index contributed by atoms with van der Waals surface area (Å²) in [5, 5.41) is 12.4. The number of nitrogens with zero attached hydrogens (tertiary/aromatic N) is 5. The first kappa shape index (κ1) is 40.7. The first-order chi connectivity index (χ1) is 24.5. The van der Waals surface area contributed by atoms with Crippen molar-refractivity contribution in [3.8, 4) is 0 Å². The number of rotatable bonds is 15. The van der Waals surface area contributed by atoms with E-state index in [0.29, 0.717) is 5.39 Å². The molecule has 3 aliphatic rings. The summed E-state index contributed by atoms with van der Waals surface area (Å²) >= 11 is 6.54. The average molecular weight is 777 g/mol. The first-order valence-corrected chi connectivity index (χ1v) is 19.3. The maximum Gasteiger partial charge on any atom is 0.416 e. The van der Waals surface area contributed by atoms with E-state index in [4.69, 9.17) is 49.1 Å². The number of halogens is 1. The monoisotopic (exact) mass is 776 g/mol. The topological polar surface area (TPSA) is 204 Å². The van der Waals surface area contributed by atoms with Crippen LogP contribution in [-0.2, 0) is 46.8 Å². The summed E-state index contributed by atoms with van der Waals surface area (Å²) in [4.78, 5) is 36.8. The van der Waals surface area contributed by atoms with Crippen LogP contribution in [0.5, 0.6) is 0 Å². The largest absolute Gasteiger partial charge is 0.443 e. The molecule has 3 fully saturated rings. The maximum absolute atomic E-state index is 14.3. The lowest BCUT2D eigenvalue weighted by Crippen LogP contribution is -2.46. The van der Waals surface area contributed by atoms with Gasteiger partial charge in [-0.05, 0) is 72.9 Å². The zero-order chi connectivity index (χ0) is 38.1. The van der Waals surface area contributed by atoms with Crippen LogP contribution in [0.4, 0.5) is 10.6 Å². The van der Waals surface area contributed by atoms with Gasteiger partial charge < -0.3 is 37.5 Å². The van der Waals surface area contributed by atoms with Crippen molar-refractivity contribution in [2.45, 2.75) is 128 Å². The Morgan fingerprint density at radius 3 is 2.38 bits per heavy atom. The second kappa shape index (κ2) is 16.1. The zero-order valence-corrected chi connectivity index (χ0v) is 32.5. The normalized spacial score (nSPS) is 24.6. The molecule has 18 nitrogen and oxygen atoms in total. The summed E-state index contributed by atoms with van der Waals surface area (Å²) in [5.74, 6) is -1.71. The zero-order valence-electron chi connectivity index (χ0n) is 30.8. The molecule has 52 heavy (non-hydrogen) atoms. The number of aromatic nitrogens is 4. The highest BCUT2D eigenvalue weighted by atomic mass is 35.5. The number of ether oxygens (including phenoxy) is 6. The smallest absolute Gasteiger partial charge is 0.416 e. The van der Waals surface area contributed by atoms with Gasteiger partial charge in [-0.25, -0.2) is 15.0 Å². The number of carbonyl (C=O) groups is 2. The number of fused-ring (bicyclic) bond motifs is 2. The van der Waals surface area contributed by atoms with Crippen LogP contribution in [0.3, 0.4) is 0 Å². The molecule has 2 aromatic rings. The molecular formula is C32H50ClN6O12P. The minimum absolute atomic E-state index is 0.0322. The highest BCUT2D eigenvalue weighted by Gasteiger charge is 2.59. The predicted molar refractivity (Wildman–Crippen MR) is 185 cm³/mol. The number of hydroxylamine groups is 1. The van der Waals surface area contributed by atoms with Crippen molar-refractivity contribution in [2.24, 2.45) is 0 Å². The summed E-state index contributed by atoms with van der Waals surface area (Å²) in [6, 6.07) is -0.169. The molecule has 4 heterocycles. The Kier molecular flexibility index (Phi) is 12.6. The number of nitrogens with one attached hydrogen (secondary N) is 1. The van der Waals surface area contributed by atoms with E-state index in [-0.39, 0.29) is 42.6 Å². The molecule has 2 N–H and O–H groups in total. The van der Waals surface area contributed by atoms with Crippen molar-refractivity contribution in [2.75, 3.05) is 38.4 Å². The molecule has 292 valence electrons. The van der Waals surface area contributed by atoms with E-state index in [9.17, 15) is 19.4 Å². The molecule has 2 aromatic heterocycles. The number of anilines is 1. The molecule has 20 heteroatoms. The minimum Gasteiger partial charge on any atom is -0.443 e. The third-order valence-electron chi connectivity index (χ3n) is 8.83. The number of carbonyl (C=O) groups excluding carboxylic acids is 2. The third-order valence-corrected chi connectivity index (χ3v) is 11.6. The van der Waals surface area contributed by atoms with Gasteiger partial charge in [-0.1, -0.05) is 12.8 Å². The second-order valence-electron chi connectivity index (χ2n) is 14.3. The van der Waals surface area contributed by atoms with Crippen LogP contribution in [0.2, 0.25) is 5.28 Å². The molecule has 0 radical (unpaired) electrons. The van der Waals surface area contributed by atoms with E-state index in [2.05, 4.69) is 15.1 Å². The Morgan fingerprint density at radius 1 is 1.13 bits per heavy atom. The fourth-order valence-corrected chi connectivity index (χ4v) is 9.13. The summed E-state index contributed by atoms with van der Waals surface area (Å²) in [6.07, 6.45) is 0.391. The number of hydrogen-bond acceptors (Lipinski definition) is 15. The van der Waals surface area contributed by atoms with Crippen molar-refractivity contribution >= 4 is 48.0 Å². The highest BCUT2D eigenvalue weighted by molar-refractivity contribution is 7.55. The Morgan fingerprint density at radius 2 is 1.79 bits per heavy atom. The first-order valence-electron chi connectivity index (χ1n) is 17.4. The Bertz CT molecular complexity index is 1620. The molecule has 0 bridgehead atoms. The lowest BCUT2D eigenvalue weighted by Gasteiger charge is -2.38. The summed E-state index contributed by atoms with van der Waals surface area (Å²) in [6.45, 7) is 11.3. The molecule has 0 aromatic carbocycles. The average Bonchev–Trinajstić information content (AvgIpc) is 3.84. The Hall–Kier alpha value is -2.51. The van der Waals surface area contributed by atoms with Gasteiger partial charge in [0, 0.05) is 13.2 Å². The van der Waals surface area contributed by atoms with Crippen LogP contribution < -0.4 is 10.4 Å². The molecule has 0 spiro atoms. The highest BCUT2D eigenvalue weighted by Crippen LogP contribution is 2.62. The molecule has 0 unspecified atom stereocenters. The van der Waals surface area contributed by atoms with Crippen molar-refractivity contribution in [1.29, 1.82) is 0 Å². The minimum atomic E-state index is -4.24. The Balaban J connectivity index is 1.52. The van der Waals surface area contributed by atoms with Gasteiger partial charge in [0.1, 0.15) is 23.9 Å². The summed E-state index contributed by atoms with van der Waals surface area (Å²) < 4.78 is 63.6. The van der Waals surface area contributed by atoms with Gasteiger partial charge in [0.2, 0.25) is 16.5 Å². The van der Waals surface area contributed by atoms with E-state index in [1.54, 1.807) is 58.8 Å². The van der Waals surface area contributed by atoms with Crippen LogP contribution in [0.25, 0.3) is 11.0 Å². The maximum atomic E-state index is 14.3. The van der Waals surface area contributed by atoms with Gasteiger partial charge in [0.25, 0.3) is 0 Å². The molecule has 2 amide bonds. The quantitative estimate of drug-likeness (QED) is 0.105. The SMILES string of the molecule is CCOP(=O)(OCC)[C@@](COC)(CC(=O)NO)OC[C@H]1O[C@@H](n2ncc3c(N(C(=O)OC(C)(C)C)C4CCCC4)nc(Cl)nc32)[C@@H]2OC(C)(C)O[C@@H]21. The van der Waals surface area contributed by atoms with Crippen molar-refractivity contribution < 1.29 is 56.8 Å². The molecule has 2 saturated heterocycles. The number of methoxy groups -OCH3 is 1. The van der Waals surface area contributed by atoms with Gasteiger partial charge in [-0.3, -0.25) is 19.5 Å². The summed E-state index contributed by atoms with van der Waals surface area (Å²) in [5.41, 5.74) is 1.07. The lowest BCUT2D eigenvalue weighted by atomic mass is 10.1. The van der Waals surface area contributed by atoms with Crippen LogP contribution in [0.1, 0.15) is 86.8 Å². The van der Waals surface area contributed by atoms with Gasteiger partial charge >= 0.3 is 13.7 Å². The lowest BCUT2D eigenvalue weighted by molar-refractivity contribution is -0.207. The van der Waals surface area contributed by atoms with Gasteiger partial charge in [-0.15, -0.1) is 0 Å². The number of hydrogen-bond donors (Lipinski definition) is 2. The van der Waals surface area contributed by atoms with E-state index < -0.39 is 73.9 Å². The second-order valence-corrected chi connectivity index (χ2v) is 17.0. The van der Waals surface area contributed by atoms with E-state index in [1.165, 1.54) is 18.0 Å². The molecular weight excluding hydrogens is 727 g/mol.